The van der Waals surface area contributed by atoms with Crippen molar-refractivity contribution in [1.82, 2.24) is 4.98 Å². The third-order valence-corrected chi connectivity index (χ3v) is 9.50. The van der Waals surface area contributed by atoms with Crippen LogP contribution in [-0.4, -0.2) is 28.4 Å². The molecule has 0 aliphatic heterocycles. The molecule has 1 aromatic rings. The van der Waals surface area contributed by atoms with Crippen LogP contribution in [0.25, 0.3) is 0 Å². The minimum atomic E-state index is -1.35. The number of aromatic amines is 1. The molecule has 31 heavy (non-hydrogen) atoms. The summed E-state index contributed by atoms with van der Waals surface area (Å²) in [6.45, 7) is 6.36. The molecule has 4 aliphatic carbocycles. The van der Waals surface area contributed by atoms with Gasteiger partial charge in [0.2, 0.25) is 0 Å². The highest BCUT2D eigenvalue weighted by Gasteiger charge is 2.65. The Morgan fingerprint density at radius 1 is 1.26 bits per heavy atom. The quantitative estimate of drug-likeness (QED) is 0.679. The molecule has 6 heteroatoms. The molecule has 0 bridgehead atoms. The van der Waals surface area contributed by atoms with Crippen LogP contribution in [0.3, 0.4) is 0 Å². The Labute approximate surface area is 183 Å². The summed E-state index contributed by atoms with van der Waals surface area (Å²) < 4.78 is 14.5. The van der Waals surface area contributed by atoms with Crippen molar-refractivity contribution in [3.8, 4) is 5.75 Å². The molecule has 0 saturated heterocycles. The average Bonchev–Trinajstić information content (AvgIpc) is 3.34. The first-order valence-electron chi connectivity index (χ1n) is 11.9. The summed E-state index contributed by atoms with van der Waals surface area (Å²) in [6, 6.07) is 1.83. The van der Waals surface area contributed by atoms with Crippen LogP contribution in [0.5, 0.6) is 5.75 Å². The molecule has 4 aliphatic rings. The van der Waals surface area contributed by atoms with Gasteiger partial charge in [0.1, 0.15) is 5.78 Å². The molecular weight excluding hydrogens is 395 g/mol. The standard InChI is InChI=1S/C25H33FN2O3/c1-4-15-20(28-31-14-7-10-27-13-14)6-9-24(2)17-5-8-25(3)18(12-19(26)23(25)30)16(17)11-21(29)22(15)24/h7,10,13,15-19,22,27H,4-6,8-9,11-12H2,1-3H3/b28-20+. The number of oxime groups is 1. The van der Waals surface area contributed by atoms with Crippen LogP contribution < -0.4 is 4.84 Å². The zero-order chi connectivity index (χ0) is 22.0. The van der Waals surface area contributed by atoms with Crippen LogP contribution in [0.15, 0.2) is 23.6 Å². The number of hydrogen-bond acceptors (Lipinski definition) is 4. The van der Waals surface area contributed by atoms with Crippen LogP contribution in [0.1, 0.15) is 65.7 Å². The van der Waals surface area contributed by atoms with Crippen molar-refractivity contribution >= 4 is 17.3 Å². The second-order valence-electron chi connectivity index (χ2n) is 10.8. The van der Waals surface area contributed by atoms with Gasteiger partial charge in [-0.15, -0.1) is 0 Å². The van der Waals surface area contributed by atoms with E-state index >= 15 is 0 Å². The van der Waals surface area contributed by atoms with E-state index in [1.165, 1.54) is 0 Å². The summed E-state index contributed by atoms with van der Waals surface area (Å²) in [5.74, 6) is 1.25. The molecule has 0 spiro atoms. The monoisotopic (exact) mass is 428 g/mol. The predicted molar refractivity (Wildman–Crippen MR) is 115 cm³/mol. The van der Waals surface area contributed by atoms with Gasteiger partial charge in [-0.05, 0) is 61.7 Å². The summed E-state index contributed by atoms with van der Waals surface area (Å²) in [7, 11) is 0. The minimum Gasteiger partial charge on any atom is -0.364 e. The number of nitrogens with one attached hydrogen (secondary N) is 1. The van der Waals surface area contributed by atoms with E-state index in [4.69, 9.17) is 4.84 Å². The SMILES string of the molecule is CCC1/C(=N/Oc2cc[nH]c2)CCC2(C)C3CCC4(C)C(=O)C(F)CC4C3CC(=O)C12. The summed E-state index contributed by atoms with van der Waals surface area (Å²) in [4.78, 5) is 34.8. The number of halogens is 1. The maximum Gasteiger partial charge on any atom is 0.175 e. The summed E-state index contributed by atoms with van der Waals surface area (Å²) in [5, 5.41) is 4.47. The number of rotatable bonds is 3. The number of carbonyl (C=O) groups excluding carboxylic acids is 2. The van der Waals surface area contributed by atoms with Crippen LogP contribution in [0.4, 0.5) is 4.39 Å². The lowest BCUT2D eigenvalue weighted by molar-refractivity contribution is -0.156. The highest BCUT2D eigenvalue weighted by atomic mass is 19.1. The van der Waals surface area contributed by atoms with Gasteiger partial charge in [0, 0.05) is 42.1 Å². The first-order valence-corrected chi connectivity index (χ1v) is 11.9. The Morgan fingerprint density at radius 3 is 2.77 bits per heavy atom. The molecule has 1 heterocycles. The van der Waals surface area contributed by atoms with Gasteiger partial charge in [0.25, 0.3) is 0 Å². The van der Waals surface area contributed by atoms with E-state index < -0.39 is 11.6 Å². The van der Waals surface area contributed by atoms with Crippen LogP contribution in [0, 0.1) is 40.4 Å². The van der Waals surface area contributed by atoms with E-state index in [-0.39, 0.29) is 40.7 Å². The van der Waals surface area contributed by atoms with Gasteiger partial charge >= 0.3 is 0 Å². The fourth-order valence-corrected chi connectivity index (χ4v) is 7.96. The second-order valence-corrected chi connectivity index (χ2v) is 10.8. The second kappa shape index (κ2) is 7.28. The largest absolute Gasteiger partial charge is 0.364 e. The summed E-state index contributed by atoms with van der Waals surface area (Å²) in [5.41, 5.74) is 0.283. The lowest BCUT2D eigenvalue weighted by Crippen LogP contribution is -2.59. The van der Waals surface area contributed by atoms with Crippen molar-refractivity contribution in [3.05, 3.63) is 18.5 Å². The number of Topliss-reactive ketones (excluding diaryl/α,β-unsaturated/α-hetero) is 2. The predicted octanol–water partition coefficient (Wildman–Crippen LogP) is 5.12. The van der Waals surface area contributed by atoms with Crippen LogP contribution >= 0.6 is 0 Å². The first kappa shape index (κ1) is 20.9. The zero-order valence-electron chi connectivity index (χ0n) is 18.7. The van der Waals surface area contributed by atoms with Crippen molar-refractivity contribution in [1.29, 1.82) is 0 Å². The number of hydrogen-bond donors (Lipinski definition) is 1. The molecule has 5 rings (SSSR count). The average molecular weight is 429 g/mol. The fraction of sp³-hybridized carbons (Fsp3) is 0.720. The number of aromatic nitrogens is 1. The van der Waals surface area contributed by atoms with Crippen LogP contribution in [0.2, 0.25) is 0 Å². The number of alkyl halides is 1. The third kappa shape index (κ3) is 2.96. The molecule has 1 aromatic heterocycles. The number of nitrogens with zero attached hydrogens (tertiary/aromatic N) is 1. The molecular formula is C25H33FN2O3. The number of carbonyl (C=O) groups is 2. The molecule has 4 fully saturated rings. The van der Waals surface area contributed by atoms with Crippen molar-refractivity contribution < 1.29 is 18.8 Å². The highest BCUT2D eigenvalue weighted by molar-refractivity contribution is 5.96. The fourth-order valence-electron chi connectivity index (χ4n) is 7.96. The molecule has 4 saturated carbocycles. The maximum absolute atomic E-state index is 14.5. The van der Waals surface area contributed by atoms with Gasteiger partial charge in [-0.2, -0.15) is 0 Å². The summed E-state index contributed by atoms with van der Waals surface area (Å²) in [6.07, 6.45) is 7.22. The highest BCUT2D eigenvalue weighted by Crippen LogP contribution is 2.65. The lowest BCUT2D eigenvalue weighted by atomic mass is 9.43. The number of fused-ring (bicyclic) bond motifs is 5. The van der Waals surface area contributed by atoms with Gasteiger partial charge in [-0.25, -0.2) is 4.39 Å². The van der Waals surface area contributed by atoms with E-state index in [9.17, 15) is 14.0 Å². The molecule has 168 valence electrons. The Bertz CT molecular complexity index is 912. The summed E-state index contributed by atoms with van der Waals surface area (Å²) >= 11 is 0. The van der Waals surface area contributed by atoms with Crippen molar-refractivity contribution in [3.63, 3.8) is 0 Å². The van der Waals surface area contributed by atoms with E-state index in [2.05, 4.69) is 24.0 Å². The maximum atomic E-state index is 14.5. The minimum absolute atomic E-state index is 0.00235. The van der Waals surface area contributed by atoms with E-state index in [1.807, 2.05) is 13.0 Å². The van der Waals surface area contributed by atoms with Gasteiger partial charge in [-0.1, -0.05) is 25.9 Å². The first-order chi connectivity index (χ1) is 14.8. The van der Waals surface area contributed by atoms with Gasteiger partial charge in [-0.3, -0.25) is 9.59 Å². The Balaban J connectivity index is 1.45. The molecule has 0 amide bonds. The molecule has 1 N–H and O–H groups in total. The molecule has 8 unspecified atom stereocenters. The molecule has 0 aromatic carbocycles. The smallest absolute Gasteiger partial charge is 0.175 e. The Morgan fingerprint density at radius 2 is 2.06 bits per heavy atom. The van der Waals surface area contributed by atoms with E-state index in [0.29, 0.717) is 24.5 Å². The number of H-pyrrole nitrogens is 1. The zero-order valence-corrected chi connectivity index (χ0v) is 18.7. The molecule has 0 radical (unpaired) electrons. The van der Waals surface area contributed by atoms with Gasteiger partial charge in [0.05, 0.1) is 5.71 Å². The van der Waals surface area contributed by atoms with Crippen molar-refractivity contribution in [2.45, 2.75) is 71.9 Å². The van der Waals surface area contributed by atoms with Gasteiger partial charge < -0.3 is 9.82 Å². The molecule has 8 atom stereocenters. The van der Waals surface area contributed by atoms with Crippen LogP contribution in [-0.2, 0) is 9.59 Å². The number of ketones is 2. The van der Waals surface area contributed by atoms with E-state index in [0.717, 1.165) is 37.8 Å². The molecule has 5 nitrogen and oxygen atoms in total. The third-order valence-electron chi connectivity index (χ3n) is 9.50. The Kier molecular flexibility index (Phi) is 4.91. The lowest BCUT2D eigenvalue weighted by Gasteiger charge is -2.60. The van der Waals surface area contributed by atoms with Crippen molar-refractivity contribution in [2.24, 2.45) is 45.6 Å². The Hall–Kier alpha value is -1.98. The van der Waals surface area contributed by atoms with Gasteiger partial charge in [0.15, 0.2) is 17.7 Å². The van der Waals surface area contributed by atoms with E-state index in [1.54, 1.807) is 12.4 Å². The topological polar surface area (TPSA) is 71.5 Å². The normalized spacial score (nSPS) is 45.9. The van der Waals surface area contributed by atoms with Crippen molar-refractivity contribution in [2.75, 3.05) is 0 Å².